The van der Waals surface area contributed by atoms with E-state index in [1.54, 1.807) is 11.3 Å². The van der Waals surface area contributed by atoms with Crippen LogP contribution in [-0.2, 0) is 16.1 Å². The molecule has 1 fully saturated rings. The molecule has 0 saturated carbocycles. The summed E-state index contributed by atoms with van der Waals surface area (Å²) in [6, 6.07) is -0.141. The summed E-state index contributed by atoms with van der Waals surface area (Å²) in [5, 5.41) is 1.12. The molecule has 0 N–H and O–H groups in total. The van der Waals surface area contributed by atoms with E-state index in [2.05, 4.69) is 14.8 Å². The topological polar surface area (TPSA) is 45.7 Å². The van der Waals surface area contributed by atoms with Crippen LogP contribution in [0.2, 0.25) is 0 Å². The molecule has 2 heterocycles. The molecule has 0 unspecified atom stereocenters. The first-order chi connectivity index (χ1) is 9.10. The van der Waals surface area contributed by atoms with Crippen LogP contribution in [0.3, 0.4) is 0 Å². The lowest BCUT2D eigenvalue weighted by molar-refractivity contribution is -0.147. The van der Waals surface area contributed by atoms with Crippen LogP contribution < -0.4 is 0 Å². The molecule has 1 aromatic rings. The molecule has 0 amide bonds. The first-order valence-electron chi connectivity index (χ1n) is 6.55. The lowest BCUT2D eigenvalue weighted by Crippen LogP contribution is -2.51. The fourth-order valence-electron chi connectivity index (χ4n) is 2.33. The van der Waals surface area contributed by atoms with Crippen molar-refractivity contribution in [2.45, 2.75) is 26.4 Å². The molecular formula is C13H21N3O2S. The van der Waals surface area contributed by atoms with Crippen molar-refractivity contribution in [2.24, 2.45) is 0 Å². The highest BCUT2D eigenvalue weighted by Crippen LogP contribution is 2.16. The van der Waals surface area contributed by atoms with E-state index in [0.717, 1.165) is 37.7 Å². The molecule has 2 rings (SSSR count). The Morgan fingerprint density at radius 1 is 1.47 bits per heavy atom. The maximum absolute atomic E-state index is 11.5. The number of thiazole rings is 1. The lowest BCUT2D eigenvalue weighted by atomic mass is 10.2. The Bertz CT molecular complexity index is 427. The minimum atomic E-state index is -0.147. The molecule has 0 radical (unpaired) electrons. The standard InChI is InChI=1S/C13H21N3O2S/c1-10(13(17)18-3)16-6-4-15(5-7-16)9-12-8-14-11(2)19-12/h8,10H,4-7,9H2,1-3H3/t10-/m1/s1. The van der Waals surface area contributed by atoms with Crippen LogP contribution in [0.25, 0.3) is 0 Å². The third kappa shape index (κ3) is 3.75. The van der Waals surface area contributed by atoms with E-state index in [1.165, 1.54) is 12.0 Å². The van der Waals surface area contributed by atoms with Gasteiger partial charge < -0.3 is 4.74 Å². The molecular weight excluding hydrogens is 262 g/mol. The average Bonchev–Trinajstić information content (AvgIpc) is 2.83. The van der Waals surface area contributed by atoms with Gasteiger partial charge in [0.2, 0.25) is 0 Å². The number of nitrogens with zero attached hydrogens (tertiary/aromatic N) is 3. The van der Waals surface area contributed by atoms with E-state index >= 15 is 0 Å². The summed E-state index contributed by atoms with van der Waals surface area (Å²) in [5.41, 5.74) is 0. The Hall–Kier alpha value is -0.980. The van der Waals surface area contributed by atoms with Gasteiger partial charge in [-0.25, -0.2) is 4.98 Å². The van der Waals surface area contributed by atoms with Crippen LogP contribution >= 0.6 is 11.3 Å². The van der Waals surface area contributed by atoms with Crippen molar-refractivity contribution < 1.29 is 9.53 Å². The van der Waals surface area contributed by atoms with E-state index in [4.69, 9.17) is 4.74 Å². The average molecular weight is 283 g/mol. The predicted molar refractivity (Wildman–Crippen MR) is 75.2 cm³/mol. The van der Waals surface area contributed by atoms with Gasteiger partial charge in [-0.2, -0.15) is 0 Å². The summed E-state index contributed by atoms with van der Waals surface area (Å²) >= 11 is 1.76. The van der Waals surface area contributed by atoms with Gasteiger partial charge in [0.05, 0.1) is 12.1 Å². The second-order valence-electron chi connectivity index (χ2n) is 4.86. The van der Waals surface area contributed by atoms with Gasteiger partial charge in [-0.05, 0) is 13.8 Å². The Morgan fingerprint density at radius 2 is 2.16 bits per heavy atom. The molecule has 1 aliphatic heterocycles. The van der Waals surface area contributed by atoms with Crippen LogP contribution in [0.5, 0.6) is 0 Å². The summed E-state index contributed by atoms with van der Waals surface area (Å²) in [5.74, 6) is -0.147. The Labute approximate surface area is 118 Å². The fraction of sp³-hybridized carbons (Fsp3) is 0.692. The van der Waals surface area contributed by atoms with E-state index in [1.807, 2.05) is 20.0 Å². The summed E-state index contributed by atoms with van der Waals surface area (Å²) in [7, 11) is 1.45. The molecule has 1 aliphatic rings. The minimum absolute atomic E-state index is 0.141. The SMILES string of the molecule is COC(=O)[C@@H](C)N1CCN(Cc2cnc(C)s2)CC1. The molecule has 0 bridgehead atoms. The van der Waals surface area contributed by atoms with Crippen molar-refractivity contribution in [1.29, 1.82) is 0 Å². The molecule has 6 heteroatoms. The van der Waals surface area contributed by atoms with Crippen molar-refractivity contribution in [1.82, 2.24) is 14.8 Å². The quantitative estimate of drug-likeness (QED) is 0.775. The van der Waals surface area contributed by atoms with Crippen LogP contribution in [0, 0.1) is 6.92 Å². The zero-order valence-corrected chi connectivity index (χ0v) is 12.6. The molecule has 1 saturated heterocycles. The summed E-state index contributed by atoms with van der Waals surface area (Å²) < 4.78 is 4.79. The second kappa shape index (κ2) is 6.45. The van der Waals surface area contributed by atoms with Gasteiger partial charge in [0.1, 0.15) is 6.04 Å². The third-order valence-electron chi connectivity index (χ3n) is 3.55. The number of hydrogen-bond acceptors (Lipinski definition) is 6. The van der Waals surface area contributed by atoms with Crippen LogP contribution in [-0.4, -0.2) is 60.1 Å². The number of aromatic nitrogens is 1. The van der Waals surface area contributed by atoms with Crippen molar-refractivity contribution in [3.8, 4) is 0 Å². The number of carbonyl (C=O) groups excluding carboxylic acids is 1. The molecule has 19 heavy (non-hydrogen) atoms. The molecule has 0 aromatic carbocycles. The molecule has 1 aromatic heterocycles. The van der Waals surface area contributed by atoms with Gasteiger partial charge >= 0.3 is 5.97 Å². The van der Waals surface area contributed by atoms with Gasteiger partial charge in [-0.1, -0.05) is 0 Å². The maximum Gasteiger partial charge on any atom is 0.322 e. The molecule has 0 aliphatic carbocycles. The van der Waals surface area contributed by atoms with Crippen molar-refractivity contribution in [3.05, 3.63) is 16.1 Å². The molecule has 106 valence electrons. The van der Waals surface area contributed by atoms with Crippen LogP contribution in [0.1, 0.15) is 16.8 Å². The predicted octanol–water partition coefficient (Wildman–Crippen LogP) is 1.13. The highest BCUT2D eigenvalue weighted by atomic mass is 32.1. The van der Waals surface area contributed by atoms with Gasteiger partial charge in [0, 0.05) is 43.8 Å². The smallest absolute Gasteiger partial charge is 0.322 e. The maximum atomic E-state index is 11.5. The number of piperazine rings is 1. The van der Waals surface area contributed by atoms with Crippen molar-refractivity contribution in [3.63, 3.8) is 0 Å². The van der Waals surface area contributed by atoms with E-state index in [9.17, 15) is 4.79 Å². The second-order valence-corrected chi connectivity index (χ2v) is 6.18. The molecule has 0 spiro atoms. The normalized spacial score (nSPS) is 19.3. The number of esters is 1. The Morgan fingerprint density at radius 3 is 2.68 bits per heavy atom. The zero-order valence-electron chi connectivity index (χ0n) is 11.8. The van der Waals surface area contributed by atoms with Gasteiger partial charge in [-0.15, -0.1) is 11.3 Å². The first-order valence-corrected chi connectivity index (χ1v) is 7.37. The van der Waals surface area contributed by atoms with Crippen molar-refractivity contribution in [2.75, 3.05) is 33.3 Å². The number of aryl methyl sites for hydroxylation is 1. The zero-order chi connectivity index (χ0) is 13.8. The summed E-state index contributed by atoms with van der Waals surface area (Å²) in [6.07, 6.45) is 1.96. The van der Waals surface area contributed by atoms with Gasteiger partial charge in [-0.3, -0.25) is 14.6 Å². The lowest BCUT2D eigenvalue weighted by Gasteiger charge is -2.36. The van der Waals surface area contributed by atoms with Crippen LogP contribution in [0.4, 0.5) is 0 Å². The number of carbonyl (C=O) groups is 1. The molecule has 1 atom stereocenters. The number of hydrogen-bond donors (Lipinski definition) is 0. The minimum Gasteiger partial charge on any atom is -0.468 e. The molecule has 5 nitrogen and oxygen atoms in total. The highest BCUT2D eigenvalue weighted by Gasteiger charge is 2.26. The first kappa shape index (κ1) is 14.4. The highest BCUT2D eigenvalue weighted by molar-refractivity contribution is 7.11. The van der Waals surface area contributed by atoms with E-state index in [0.29, 0.717) is 0 Å². The fourth-order valence-corrected chi connectivity index (χ4v) is 3.16. The van der Waals surface area contributed by atoms with E-state index < -0.39 is 0 Å². The number of rotatable bonds is 4. The van der Waals surface area contributed by atoms with Crippen molar-refractivity contribution >= 4 is 17.3 Å². The summed E-state index contributed by atoms with van der Waals surface area (Å²) in [6.45, 7) is 8.70. The van der Waals surface area contributed by atoms with E-state index in [-0.39, 0.29) is 12.0 Å². The van der Waals surface area contributed by atoms with Gasteiger partial charge in [0.15, 0.2) is 0 Å². The third-order valence-corrected chi connectivity index (χ3v) is 4.44. The monoisotopic (exact) mass is 283 g/mol. The van der Waals surface area contributed by atoms with Gasteiger partial charge in [0.25, 0.3) is 0 Å². The largest absolute Gasteiger partial charge is 0.468 e. The Balaban J connectivity index is 1.80. The number of methoxy groups -OCH3 is 1. The Kier molecular flexibility index (Phi) is 4.90. The van der Waals surface area contributed by atoms with Crippen LogP contribution in [0.15, 0.2) is 6.20 Å². The summed E-state index contributed by atoms with van der Waals surface area (Å²) in [4.78, 5) is 21.7. The number of ether oxygens (including phenoxy) is 1.